The molecule has 0 unspecified atom stereocenters. The van der Waals surface area contributed by atoms with Gasteiger partial charge in [0.05, 0.1) is 4.92 Å². The van der Waals surface area contributed by atoms with Crippen LogP contribution >= 0.6 is 15.9 Å². The standard InChI is InChI=1S/C13H10BrFN2O3/c14-9-1-4-13(18)8(5-9)7-16-11-6-10(15)2-3-12(11)17(19)20/h1-6,16,18H,7H2. The number of halogens is 2. The van der Waals surface area contributed by atoms with E-state index >= 15 is 0 Å². The third-order valence-electron chi connectivity index (χ3n) is 2.67. The Morgan fingerprint density at radius 3 is 2.75 bits per heavy atom. The van der Waals surface area contributed by atoms with Crippen LogP contribution in [-0.4, -0.2) is 10.0 Å². The molecular weight excluding hydrogens is 331 g/mol. The van der Waals surface area contributed by atoms with Gasteiger partial charge in [-0.25, -0.2) is 4.39 Å². The average molecular weight is 341 g/mol. The van der Waals surface area contributed by atoms with E-state index in [0.29, 0.717) is 5.56 Å². The first-order chi connectivity index (χ1) is 9.47. The largest absolute Gasteiger partial charge is 0.508 e. The molecule has 20 heavy (non-hydrogen) atoms. The van der Waals surface area contributed by atoms with Crippen molar-refractivity contribution >= 4 is 27.3 Å². The van der Waals surface area contributed by atoms with Crippen LogP contribution in [0.15, 0.2) is 40.9 Å². The minimum Gasteiger partial charge on any atom is -0.508 e. The van der Waals surface area contributed by atoms with Gasteiger partial charge in [-0.15, -0.1) is 0 Å². The number of nitro benzene ring substituents is 1. The van der Waals surface area contributed by atoms with Gasteiger partial charge in [0.25, 0.3) is 5.69 Å². The summed E-state index contributed by atoms with van der Waals surface area (Å²) in [6, 6.07) is 8.02. The second-order valence-electron chi connectivity index (χ2n) is 4.05. The van der Waals surface area contributed by atoms with E-state index in [1.54, 1.807) is 12.1 Å². The van der Waals surface area contributed by atoms with Gasteiger partial charge in [0.2, 0.25) is 0 Å². The molecule has 104 valence electrons. The minimum atomic E-state index is -0.595. The quantitative estimate of drug-likeness (QED) is 0.655. The fourth-order valence-electron chi connectivity index (χ4n) is 1.70. The molecule has 0 aromatic heterocycles. The van der Waals surface area contributed by atoms with E-state index in [9.17, 15) is 19.6 Å². The summed E-state index contributed by atoms with van der Waals surface area (Å²) in [4.78, 5) is 10.3. The average Bonchev–Trinajstić information content (AvgIpc) is 2.39. The highest BCUT2D eigenvalue weighted by atomic mass is 79.9. The van der Waals surface area contributed by atoms with Gasteiger partial charge < -0.3 is 10.4 Å². The molecule has 0 bridgehead atoms. The second-order valence-corrected chi connectivity index (χ2v) is 4.96. The Balaban J connectivity index is 2.24. The molecule has 2 rings (SSSR count). The molecule has 0 saturated carbocycles. The van der Waals surface area contributed by atoms with Crippen LogP contribution in [0, 0.1) is 15.9 Å². The van der Waals surface area contributed by atoms with Crippen molar-refractivity contribution in [1.29, 1.82) is 0 Å². The number of phenolic OH excluding ortho intramolecular Hbond substituents is 1. The number of nitrogens with one attached hydrogen (secondary N) is 1. The van der Waals surface area contributed by atoms with E-state index in [1.807, 2.05) is 0 Å². The number of benzene rings is 2. The highest BCUT2D eigenvalue weighted by molar-refractivity contribution is 9.10. The number of hydrogen-bond donors (Lipinski definition) is 2. The summed E-state index contributed by atoms with van der Waals surface area (Å²) in [6.45, 7) is 0.134. The Labute approximate surface area is 122 Å². The van der Waals surface area contributed by atoms with E-state index in [-0.39, 0.29) is 23.7 Å². The van der Waals surface area contributed by atoms with Gasteiger partial charge >= 0.3 is 0 Å². The summed E-state index contributed by atoms with van der Waals surface area (Å²) >= 11 is 3.26. The van der Waals surface area contributed by atoms with Crippen LogP contribution < -0.4 is 5.32 Å². The topological polar surface area (TPSA) is 75.4 Å². The number of hydrogen-bond acceptors (Lipinski definition) is 4. The fraction of sp³-hybridized carbons (Fsp3) is 0.0769. The summed E-state index contributed by atoms with van der Waals surface area (Å²) in [6.07, 6.45) is 0. The molecule has 0 aliphatic rings. The first-order valence-electron chi connectivity index (χ1n) is 5.62. The molecule has 0 radical (unpaired) electrons. The number of rotatable bonds is 4. The zero-order valence-corrected chi connectivity index (χ0v) is 11.7. The lowest BCUT2D eigenvalue weighted by Crippen LogP contribution is -2.03. The van der Waals surface area contributed by atoms with E-state index < -0.39 is 10.7 Å². The van der Waals surface area contributed by atoms with Crippen molar-refractivity contribution in [2.75, 3.05) is 5.32 Å². The fourth-order valence-corrected chi connectivity index (χ4v) is 2.10. The molecule has 0 saturated heterocycles. The summed E-state index contributed by atoms with van der Waals surface area (Å²) in [7, 11) is 0. The van der Waals surface area contributed by atoms with Gasteiger partial charge in [0.1, 0.15) is 17.3 Å². The molecular formula is C13H10BrFN2O3. The Morgan fingerprint density at radius 1 is 1.30 bits per heavy atom. The zero-order valence-electron chi connectivity index (χ0n) is 10.1. The van der Waals surface area contributed by atoms with E-state index in [0.717, 1.165) is 22.7 Å². The molecule has 0 heterocycles. The number of anilines is 1. The molecule has 2 N–H and O–H groups in total. The lowest BCUT2D eigenvalue weighted by Gasteiger charge is -2.09. The monoisotopic (exact) mass is 340 g/mol. The van der Waals surface area contributed by atoms with Crippen molar-refractivity contribution in [3.8, 4) is 5.75 Å². The number of aromatic hydroxyl groups is 1. The van der Waals surface area contributed by atoms with E-state index in [4.69, 9.17) is 0 Å². The molecule has 0 aliphatic carbocycles. The van der Waals surface area contributed by atoms with Crippen molar-refractivity contribution in [2.24, 2.45) is 0 Å². The summed E-state index contributed by atoms with van der Waals surface area (Å²) in [5.41, 5.74) is 0.383. The van der Waals surface area contributed by atoms with Gasteiger partial charge in [-0.2, -0.15) is 0 Å². The molecule has 7 heteroatoms. The van der Waals surface area contributed by atoms with Gasteiger partial charge in [-0.05, 0) is 24.3 Å². The molecule has 0 amide bonds. The second kappa shape index (κ2) is 5.87. The SMILES string of the molecule is O=[N+]([O-])c1ccc(F)cc1NCc1cc(Br)ccc1O. The predicted octanol–water partition coefficient (Wildman–Crippen LogP) is 3.81. The molecule has 2 aromatic carbocycles. The maximum absolute atomic E-state index is 13.2. The first kappa shape index (κ1) is 14.3. The third-order valence-corrected chi connectivity index (χ3v) is 3.16. The Kier molecular flexibility index (Phi) is 4.19. The van der Waals surface area contributed by atoms with Crippen LogP contribution in [0.25, 0.3) is 0 Å². The Morgan fingerprint density at radius 2 is 2.05 bits per heavy atom. The van der Waals surface area contributed by atoms with E-state index in [1.165, 1.54) is 6.07 Å². The van der Waals surface area contributed by atoms with Crippen LogP contribution in [-0.2, 0) is 6.54 Å². The molecule has 0 aliphatic heterocycles. The molecule has 0 fully saturated rings. The van der Waals surface area contributed by atoms with Crippen LogP contribution in [0.4, 0.5) is 15.8 Å². The minimum absolute atomic E-state index is 0.0553. The molecule has 2 aromatic rings. The van der Waals surface area contributed by atoms with Gasteiger partial charge in [-0.1, -0.05) is 15.9 Å². The Bertz CT molecular complexity index is 664. The molecule has 5 nitrogen and oxygen atoms in total. The number of nitro groups is 1. The van der Waals surface area contributed by atoms with Crippen LogP contribution in [0.3, 0.4) is 0 Å². The summed E-state index contributed by atoms with van der Waals surface area (Å²) in [5, 5.41) is 23.3. The molecule has 0 atom stereocenters. The highest BCUT2D eigenvalue weighted by Gasteiger charge is 2.14. The van der Waals surface area contributed by atoms with Crippen LogP contribution in [0.1, 0.15) is 5.56 Å². The Hall–Kier alpha value is -2.15. The highest BCUT2D eigenvalue weighted by Crippen LogP contribution is 2.27. The normalized spacial score (nSPS) is 10.3. The van der Waals surface area contributed by atoms with E-state index in [2.05, 4.69) is 21.2 Å². The number of nitrogens with zero attached hydrogens (tertiary/aromatic N) is 1. The van der Waals surface area contributed by atoms with Gasteiger partial charge in [0, 0.05) is 28.7 Å². The maximum atomic E-state index is 13.2. The van der Waals surface area contributed by atoms with Gasteiger partial charge in [0.15, 0.2) is 0 Å². The van der Waals surface area contributed by atoms with Crippen LogP contribution in [0.2, 0.25) is 0 Å². The van der Waals surface area contributed by atoms with Crippen molar-refractivity contribution < 1.29 is 14.4 Å². The van der Waals surface area contributed by atoms with Gasteiger partial charge in [-0.3, -0.25) is 10.1 Å². The molecule has 0 spiro atoms. The van der Waals surface area contributed by atoms with Crippen molar-refractivity contribution in [1.82, 2.24) is 0 Å². The summed E-state index contributed by atoms with van der Waals surface area (Å²) < 4.78 is 13.9. The first-order valence-corrected chi connectivity index (χ1v) is 6.42. The smallest absolute Gasteiger partial charge is 0.292 e. The maximum Gasteiger partial charge on any atom is 0.292 e. The van der Waals surface area contributed by atoms with Crippen molar-refractivity contribution in [2.45, 2.75) is 6.54 Å². The van der Waals surface area contributed by atoms with Crippen molar-refractivity contribution in [3.63, 3.8) is 0 Å². The van der Waals surface area contributed by atoms with Crippen LogP contribution in [0.5, 0.6) is 5.75 Å². The van der Waals surface area contributed by atoms with Crippen molar-refractivity contribution in [3.05, 3.63) is 62.4 Å². The third kappa shape index (κ3) is 3.24. The lowest BCUT2D eigenvalue weighted by atomic mass is 10.2. The lowest BCUT2D eigenvalue weighted by molar-refractivity contribution is -0.384. The number of phenols is 1. The zero-order chi connectivity index (χ0) is 14.7. The summed E-state index contributed by atoms with van der Waals surface area (Å²) in [5.74, 6) is -0.517. The predicted molar refractivity (Wildman–Crippen MR) is 76.2 cm³/mol.